The number of fused-ring (bicyclic) bond motifs is 5. The molecule has 0 amide bonds. The Kier molecular flexibility index (Phi) is 3.21. The third-order valence-electron chi connectivity index (χ3n) is 4.81. The lowest BCUT2D eigenvalue weighted by Gasteiger charge is -2.32. The lowest BCUT2D eigenvalue weighted by molar-refractivity contribution is 0.359. The number of nitrogens with zero attached hydrogens (tertiary/aromatic N) is 3. The lowest BCUT2D eigenvalue weighted by atomic mass is 9.74. The summed E-state index contributed by atoms with van der Waals surface area (Å²) in [6, 6.07) is 8.47. The number of aromatic nitrogens is 2. The molecule has 0 bridgehead atoms. The Hall–Kier alpha value is -2.36. The molecule has 0 radical (unpaired) electrons. The van der Waals surface area contributed by atoms with E-state index in [4.69, 9.17) is 10.1 Å². The predicted molar refractivity (Wildman–Crippen MR) is 101 cm³/mol. The number of aryl methyl sites for hydroxylation is 1. The highest BCUT2D eigenvalue weighted by atomic mass is 15.4. The van der Waals surface area contributed by atoms with E-state index in [1.165, 1.54) is 33.1 Å². The first-order valence-corrected chi connectivity index (χ1v) is 8.51. The minimum Gasteiger partial charge on any atom is -0.354 e. The van der Waals surface area contributed by atoms with E-state index in [-0.39, 0.29) is 5.41 Å². The summed E-state index contributed by atoms with van der Waals surface area (Å²) >= 11 is 0. The molecule has 124 valence electrons. The fourth-order valence-corrected chi connectivity index (χ4v) is 3.99. The number of hydrazone groups is 1. The van der Waals surface area contributed by atoms with E-state index in [2.05, 4.69) is 50.0 Å². The fourth-order valence-electron chi connectivity index (χ4n) is 3.99. The number of hydrogen-bond acceptors (Lipinski definition) is 3. The predicted octanol–water partition coefficient (Wildman–Crippen LogP) is 4.26. The van der Waals surface area contributed by atoms with Gasteiger partial charge in [-0.1, -0.05) is 32.0 Å². The van der Waals surface area contributed by atoms with Gasteiger partial charge in [-0.05, 0) is 31.2 Å². The van der Waals surface area contributed by atoms with Gasteiger partial charge in [-0.15, -0.1) is 0 Å². The highest BCUT2D eigenvalue weighted by molar-refractivity contribution is 6.18. The SMILES string of the molecule is Cc1nc2c(c3[nH]c4ccccc4c13)/C(=N\N(C)C)CC(C)(C)C2. The number of benzene rings is 1. The second kappa shape index (κ2) is 5.07. The second-order valence-corrected chi connectivity index (χ2v) is 7.85. The topological polar surface area (TPSA) is 44.3 Å². The van der Waals surface area contributed by atoms with Crippen LogP contribution in [0.2, 0.25) is 0 Å². The van der Waals surface area contributed by atoms with Crippen LogP contribution < -0.4 is 0 Å². The summed E-state index contributed by atoms with van der Waals surface area (Å²) in [7, 11) is 3.97. The van der Waals surface area contributed by atoms with Crippen molar-refractivity contribution in [2.45, 2.75) is 33.6 Å². The molecule has 4 nitrogen and oxygen atoms in total. The van der Waals surface area contributed by atoms with Gasteiger partial charge in [0.1, 0.15) is 0 Å². The molecular weight excluding hydrogens is 296 g/mol. The van der Waals surface area contributed by atoms with Crippen LogP contribution in [0.3, 0.4) is 0 Å². The molecule has 0 saturated carbocycles. The van der Waals surface area contributed by atoms with E-state index in [1.54, 1.807) is 0 Å². The first-order valence-electron chi connectivity index (χ1n) is 8.51. The third kappa shape index (κ3) is 2.29. The molecule has 2 heterocycles. The van der Waals surface area contributed by atoms with Crippen molar-refractivity contribution >= 4 is 27.5 Å². The molecular formula is C20H24N4. The Morgan fingerprint density at radius 3 is 2.67 bits per heavy atom. The molecule has 4 heteroatoms. The van der Waals surface area contributed by atoms with Crippen molar-refractivity contribution in [2.75, 3.05) is 14.1 Å². The Morgan fingerprint density at radius 2 is 1.92 bits per heavy atom. The van der Waals surface area contributed by atoms with E-state index in [9.17, 15) is 0 Å². The summed E-state index contributed by atoms with van der Waals surface area (Å²) in [5.74, 6) is 0. The summed E-state index contributed by atoms with van der Waals surface area (Å²) in [6.07, 6.45) is 1.95. The summed E-state index contributed by atoms with van der Waals surface area (Å²) in [4.78, 5) is 8.64. The van der Waals surface area contributed by atoms with Gasteiger partial charge >= 0.3 is 0 Å². The van der Waals surface area contributed by atoms with E-state index in [0.717, 1.165) is 24.2 Å². The average Bonchev–Trinajstić information content (AvgIpc) is 2.84. The summed E-state index contributed by atoms with van der Waals surface area (Å²) < 4.78 is 0. The number of hydrogen-bond donors (Lipinski definition) is 1. The quantitative estimate of drug-likeness (QED) is 0.681. The van der Waals surface area contributed by atoms with Gasteiger partial charge in [-0.3, -0.25) is 4.98 Å². The van der Waals surface area contributed by atoms with Crippen molar-refractivity contribution in [3.63, 3.8) is 0 Å². The van der Waals surface area contributed by atoms with Crippen LogP contribution in [0.15, 0.2) is 29.4 Å². The van der Waals surface area contributed by atoms with Gasteiger partial charge in [0, 0.05) is 41.6 Å². The molecule has 4 rings (SSSR count). The van der Waals surface area contributed by atoms with Crippen LogP contribution in [0.5, 0.6) is 0 Å². The maximum atomic E-state index is 5.00. The Morgan fingerprint density at radius 1 is 1.17 bits per heavy atom. The maximum absolute atomic E-state index is 5.00. The van der Waals surface area contributed by atoms with Crippen molar-refractivity contribution in [1.82, 2.24) is 15.0 Å². The smallest absolute Gasteiger partial charge is 0.0722 e. The van der Waals surface area contributed by atoms with Gasteiger partial charge in [0.25, 0.3) is 0 Å². The largest absolute Gasteiger partial charge is 0.354 e. The molecule has 1 aliphatic carbocycles. The Labute approximate surface area is 142 Å². The number of aromatic amines is 1. The maximum Gasteiger partial charge on any atom is 0.0722 e. The molecule has 0 fully saturated rings. The first kappa shape index (κ1) is 15.2. The highest BCUT2D eigenvalue weighted by Crippen LogP contribution is 2.39. The summed E-state index contributed by atoms with van der Waals surface area (Å²) in [6.45, 7) is 6.72. The lowest BCUT2D eigenvalue weighted by Crippen LogP contribution is -2.30. The van der Waals surface area contributed by atoms with Crippen molar-refractivity contribution in [3.05, 3.63) is 41.2 Å². The Balaban J connectivity index is 2.12. The number of H-pyrrole nitrogens is 1. The molecule has 0 atom stereocenters. The van der Waals surface area contributed by atoms with E-state index in [1.807, 2.05) is 19.1 Å². The van der Waals surface area contributed by atoms with Crippen molar-refractivity contribution < 1.29 is 0 Å². The van der Waals surface area contributed by atoms with Crippen molar-refractivity contribution in [3.8, 4) is 0 Å². The Bertz CT molecular complexity index is 976. The van der Waals surface area contributed by atoms with Gasteiger partial charge in [0.2, 0.25) is 0 Å². The van der Waals surface area contributed by atoms with Crippen LogP contribution >= 0.6 is 0 Å². The minimum atomic E-state index is 0.182. The van der Waals surface area contributed by atoms with Crippen LogP contribution in [-0.4, -0.2) is 34.8 Å². The molecule has 0 saturated heterocycles. The third-order valence-corrected chi connectivity index (χ3v) is 4.81. The summed E-state index contributed by atoms with van der Waals surface area (Å²) in [5, 5.41) is 9.19. The molecule has 1 aliphatic rings. The van der Waals surface area contributed by atoms with Gasteiger partial charge in [-0.2, -0.15) is 5.10 Å². The van der Waals surface area contributed by atoms with Crippen LogP contribution in [-0.2, 0) is 6.42 Å². The first-order chi connectivity index (χ1) is 11.4. The second-order valence-electron chi connectivity index (χ2n) is 7.85. The molecule has 0 aliphatic heterocycles. The molecule has 3 aromatic rings. The number of para-hydroxylation sites is 1. The van der Waals surface area contributed by atoms with Crippen molar-refractivity contribution in [1.29, 1.82) is 0 Å². The molecule has 2 aromatic heterocycles. The van der Waals surface area contributed by atoms with Crippen LogP contribution in [0.4, 0.5) is 0 Å². The van der Waals surface area contributed by atoms with Crippen LogP contribution in [0.25, 0.3) is 21.8 Å². The normalized spacial score (nSPS) is 18.3. The minimum absolute atomic E-state index is 0.182. The number of rotatable bonds is 1. The van der Waals surface area contributed by atoms with Gasteiger partial charge < -0.3 is 9.99 Å². The van der Waals surface area contributed by atoms with Crippen molar-refractivity contribution in [2.24, 2.45) is 10.5 Å². The van der Waals surface area contributed by atoms with Gasteiger partial charge in [0.05, 0.1) is 16.9 Å². The zero-order chi connectivity index (χ0) is 17.1. The van der Waals surface area contributed by atoms with Crippen LogP contribution in [0.1, 0.15) is 37.2 Å². The molecule has 1 aromatic carbocycles. The summed E-state index contributed by atoms with van der Waals surface area (Å²) in [5.41, 5.74) is 7.15. The number of pyridine rings is 1. The highest BCUT2D eigenvalue weighted by Gasteiger charge is 2.33. The number of nitrogens with one attached hydrogen (secondary N) is 1. The monoisotopic (exact) mass is 320 g/mol. The average molecular weight is 320 g/mol. The fraction of sp³-hybridized carbons (Fsp3) is 0.400. The molecule has 24 heavy (non-hydrogen) atoms. The molecule has 0 unspecified atom stereocenters. The molecule has 1 N–H and O–H groups in total. The van der Waals surface area contributed by atoms with Gasteiger partial charge in [0.15, 0.2) is 0 Å². The van der Waals surface area contributed by atoms with E-state index < -0.39 is 0 Å². The zero-order valence-electron chi connectivity index (χ0n) is 15.1. The van der Waals surface area contributed by atoms with Gasteiger partial charge in [-0.25, -0.2) is 0 Å². The zero-order valence-corrected chi connectivity index (χ0v) is 15.1. The van der Waals surface area contributed by atoms with E-state index in [0.29, 0.717) is 0 Å². The van der Waals surface area contributed by atoms with Crippen LogP contribution in [0, 0.1) is 12.3 Å². The standard InChI is InChI=1S/C20H24N4/c1-12-17-13-8-6-7-9-14(13)22-19(17)18-15(21-12)10-20(2,3)11-16(18)23-24(4)5/h6-9,22H,10-11H2,1-5H3/b23-16-. The van der Waals surface area contributed by atoms with E-state index >= 15 is 0 Å². The molecule has 0 spiro atoms.